The van der Waals surface area contributed by atoms with Gasteiger partial charge in [0.1, 0.15) is 6.10 Å². The molecule has 3 rings (SSSR count). The van der Waals surface area contributed by atoms with Crippen LogP contribution < -0.4 is 14.5 Å². The lowest BCUT2D eigenvalue weighted by atomic mass is 10.2. The lowest BCUT2D eigenvalue weighted by Crippen LogP contribution is -2.51. The number of amides is 1. The molecule has 0 bridgehead atoms. The Morgan fingerprint density at radius 3 is 2.78 bits per heavy atom. The molecule has 1 unspecified atom stereocenters. The van der Waals surface area contributed by atoms with E-state index in [1.54, 1.807) is 11.9 Å². The Balaban J connectivity index is 1.86. The van der Waals surface area contributed by atoms with Crippen molar-refractivity contribution in [2.75, 3.05) is 24.0 Å². The molecule has 13 heteroatoms. The van der Waals surface area contributed by atoms with Crippen LogP contribution in [0.25, 0.3) is 0 Å². The van der Waals surface area contributed by atoms with Crippen LogP contribution >= 0.6 is 11.8 Å². The third-order valence-corrected chi connectivity index (χ3v) is 6.06. The lowest BCUT2D eigenvalue weighted by molar-refractivity contribution is -0.119. The number of carbonyl (C=O) groups is 1. The van der Waals surface area contributed by atoms with Crippen LogP contribution in [0.4, 0.5) is 14.6 Å². The molecule has 9 nitrogen and oxygen atoms in total. The number of nitrogens with zero attached hydrogens (tertiary/aromatic N) is 4. The van der Waals surface area contributed by atoms with Gasteiger partial charge in [-0.2, -0.15) is 9.40 Å². The molecule has 1 aromatic carbocycles. The van der Waals surface area contributed by atoms with E-state index >= 15 is 0 Å². The van der Waals surface area contributed by atoms with E-state index in [9.17, 15) is 22.3 Å². The number of hydrogen-bond donors (Lipinski definition) is 2. The molecule has 0 radical (unpaired) electrons. The number of nitrogens with one attached hydrogen (secondary N) is 1. The zero-order valence-electron chi connectivity index (χ0n) is 17.5. The highest BCUT2D eigenvalue weighted by Gasteiger charge is 2.29. The number of anilines is 1. The predicted octanol–water partition coefficient (Wildman–Crippen LogP) is 2.51. The standard InChI is InChI=1S/C19H23F2N5O4S2/c1-12(10-22-13(2)27)30-17-9-16(26(32(28)29)25-7-4-8-25)23-19(24-17)31-11-14-5-3-6-15(20)18(14)21/h3,5-6,9,12H,4,7-8,10-11H2,1-2H3,(H,22,27)(H,28,29)/t12-/m1/s1. The number of aromatic nitrogens is 2. The molecule has 2 aromatic rings. The summed E-state index contributed by atoms with van der Waals surface area (Å²) in [4.78, 5) is 19.7. The average molecular weight is 488 g/mol. The van der Waals surface area contributed by atoms with Crippen LogP contribution in [-0.2, 0) is 21.8 Å². The van der Waals surface area contributed by atoms with Crippen LogP contribution in [0.2, 0.25) is 0 Å². The highest BCUT2D eigenvalue weighted by Crippen LogP contribution is 2.29. The molecule has 1 aliphatic rings. The predicted molar refractivity (Wildman–Crippen MR) is 116 cm³/mol. The maximum atomic E-state index is 14.0. The number of benzene rings is 1. The average Bonchev–Trinajstić information content (AvgIpc) is 2.69. The van der Waals surface area contributed by atoms with E-state index in [1.807, 2.05) is 0 Å². The number of ether oxygens (including phenoxy) is 1. The molecule has 2 heterocycles. The second-order valence-corrected chi connectivity index (χ2v) is 8.77. The van der Waals surface area contributed by atoms with E-state index in [2.05, 4.69) is 15.3 Å². The van der Waals surface area contributed by atoms with Gasteiger partial charge in [0.05, 0.1) is 6.54 Å². The third kappa shape index (κ3) is 6.34. The van der Waals surface area contributed by atoms with Gasteiger partial charge >= 0.3 is 0 Å². The first-order valence-corrected chi connectivity index (χ1v) is 11.8. The monoisotopic (exact) mass is 487 g/mol. The normalized spacial score (nSPS) is 15.5. The van der Waals surface area contributed by atoms with Crippen molar-refractivity contribution in [2.45, 2.75) is 37.3 Å². The summed E-state index contributed by atoms with van der Waals surface area (Å²) in [6.07, 6.45) is 0.424. The Bertz CT molecular complexity index is 996. The van der Waals surface area contributed by atoms with E-state index in [0.717, 1.165) is 28.7 Å². The fourth-order valence-corrected chi connectivity index (χ4v) is 4.19. The molecule has 0 aliphatic carbocycles. The van der Waals surface area contributed by atoms with Gasteiger partial charge in [-0.3, -0.25) is 9.35 Å². The van der Waals surface area contributed by atoms with Gasteiger partial charge in [-0.25, -0.2) is 23.0 Å². The third-order valence-electron chi connectivity index (χ3n) is 4.45. The summed E-state index contributed by atoms with van der Waals surface area (Å²) in [7, 11) is 0. The summed E-state index contributed by atoms with van der Waals surface area (Å²) in [5.41, 5.74) is 0.135. The molecule has 1 aromatic heterocycles. The Labute approximate surface area is 190 Å². The highest BCUT2D eigenvalue weighted by molar-refractivity contribution is 7.98. The summed E-state index contributed by atoms with van der Waals surface area (Å²) in [5, 5.41) is 4.45. The molecule has 0 spiro atoms. The van der Waals surface area contributed by atoms with Crippen LogP contribution in [0.3, 0.4) is 0 Å². The summed E-state index contributed by atoms with van der Waals surface area (Å²) < 4.78 is 56.2. The van der Waals surface area contributed by atoms with Crippen LogP contribution in [0, 0.1) is 11.6 Å². The lowest BCUT2D eigenvalue weighted by Gasteiger charge is -2.38. The Hall–Kier alpha value is -2.35. The molecular formula is C19H23F2N5O4S2. The van der Waals surface area contributed by atoms with Crippen LogP contribution in [0.1, 0.15) is 25.8 Å². The van der Waals surface area contributed by atoms with Crippen LogP contribution in [0.5, 0.6) is 5.88 Å². The number of halogens is 2. The van der Waals surface area contributed by atoms with E-state index in [0.29, 0.717) is 13.1 Å². The number of rotatable bonds is 10. The number of hydrogen-bond acceptors (Lipinski definition) is 7. The van der Waals surface area contributed by atoms with Crippen molar-refractivity contribution in [3.63, 3.8) is 0 Å². The molecule has 1 amide bonds. The molecule has 2 N–H and O–H groups in total. The number of hydrazine groups is 1. The van der Waals surface area contributed by atoms with Gasteiger partial charge in [0.25, 0.3) is 11.3 Å². The quantitative estimate of drug-likeness (QED) is 0.299. The smallest absolute Gasteiger partial charge is 0.278 e. The Morgan fingerprint density at radius 2 is 2.16 bits per heavy atom. The molecule has 0 saturated carbocycles. The highest BCUT2D eigenvalue weighted by atomic mass is 32.2. The zero-order chi connectivity index (χ0) is 23.3. The van der Waals surface area contributed by atoms with Crippen molar-refractivity contribution in [1.82, 2.24) is 20.3 Å². The summed E-state index contributed by atoms with van der Waals surface area (Å²) >= 11 is -1.35. The first-order chi connectivity index (χ1) is 15.2. The molecule has 1 aliphatic heterocycles. The van der Waals surface area contributed by atoms with Crippen molar-refractivity contribution in [2.24, 2.45) is 0 Å². The van der Waals surface area contributed by atoms with E-state index in [4.69, 9.17) is 4.74 Å². The molecule has 2 atom stereocenters. The fraction of sp³-hybridized carbons (Fsp3) is 0.421. The number of carbonyl (C=O) groups excluding carboxylic acids is 1. The summed E-state index contributed by atoms with van der Waals surface area (Å²) in [5.74, 6) is -1.82. The van der Waals surface area contributed by atoms with Crippen molar-refractivity contribution in [3.8, 4) is 5.88 Å². The topological polar surface area (TPSA) is 108 Å². The van der Waals surface area contributed by atoms with Gasteiger partial charge in [0, 0.05) is 37.4 Å². The first-order valence-electron chi connectivity index (χ1n) is 9.76. The van der Waals surface area contributed by atoms with Crippen LogP contribution in [-0.4, -0.2) is 55.4 Å². The molecule has 32 heavy (non-hydrogen) atoms. The van der Waals surface area contributed by atoms with Crippen molar-refractivity contribution < 1.29 is 27.1 Å². The summed E-state index contributed by atoms with van der Waals surface area (Å²) in [6, 6.07) is 5.32. The van der Waals surface area contributed by atoms with Crippen molar-refractivity contribution in [3.05, 3.63) is 41.5 Å². The second-order valence-electron chi connectivity index (χ2n) is 7.03. The van der Waals surface area contributed by atoms with Gasteiger partial charge in [-0.05, 0) is 19.4 Å². The maximum Gasteiger partial charge on any atom is 0.278 e. The summed E-state index contributed by atoms with van der Waals surface area (Å²) in [6.45, 7) is 4.51. The van der Waals surface area contributed by atoms with Crippen molar-refractivity contribution in [1.29, 1.82) is 0 Å². The SMILES string of the molecule is CC(=O)NC[C@@H](C)Oc1cc(N(N2CCC2)S(=O)O)nc(SCc2cccc(F)c2F)n1. The van der Waals surface area contributed by atoms with Gasteiger partial charge in [0.15, 0.2) is 22.6 Å². The molecule has 174 valence electrons. The molecular weight excluding hydrogens is 464 g/mol. The molecule has 1 fully saturated rings. The van der Waals surface area contributed by atoms with Gasteiger partial charge in [-0.1, -0.05) is 23.9 Å². The second kappa shape index (κ2) is 11.0. The minimum atomic E-state index is -2.38. The minimum Gasteiger partial charge on any atom is -0.473 e. The minimum absolute atomic E-state index is 0.0415. The van der Waals surface area contributed by atoms with E-state index < -0.39 is 29.0 Å². The fourth-order valence-electron chi connectivity index (χ4n) is 2.76. The Kier molecular flexibility index (Phi) is 8.34. The van der Waals surface area contributed by atoms with E-state index in [1.165, 1.54) is 25.1 Å². The van der Waals surface area contributed by atoms with Gasteiger partial charge < -0.3 is 10.1 Å². The number of thioether (sulfide) groups is 1. The molecule has 1 saturated heterocycles. The Morgan fingerprint density at radius 1 is 1.41 bits per heavy atom. The van der Waals surface area contributed by atoms with Gasteiger partial charge in [0.2, 0.25) is 11.8 Å². The largest absolute Gasteiger partial charge is 0.473 e. The van der Waals surface area contributed by atoms with Crippen LogP contribution in [0.15, 0.2) is 29.4 Å². The van der Waals surface area contributed by atoms with E-state index in [-0.39, 0.29) is 40.6 Å². The van der Waals surface area contributed by atoms with Gasteiger partial charge in [-0.15, -0.1) is 0 Å². The first kappa shape index (κ1) is 24.3. The zero-order valence-corrected chi connectivity index (χ0v) is 19.1. The van der Waals surface area contributed by atoms with Crippen molar-refractivity contribution >= 4 is 34.8 Å². The maximum absolute atomic E-state index is 14.0.